The molecule has 2 N–H and O–H groups in total. The van der Waals surface area contributed by atoms with Crippen molar-refractivity contribution >= 4 is 11.6 Å². The number of likely N-dealkylation sites (tertiary alicyclic amines) is 1. The molecule has 30 heavy (non-hydrogen) atoms. The van der Waals surface area contributed by atoms with E-state index in [0.717, 1.165) is 22.4 Å². The van der Waals surface area contributed by atoms with Gasteiger partial charge in [-0.2, -0.15) is 0 Å². The summed E-state index contributed by atoms with van der Waals surface area (Å²) in [6.07, 6.45) is 0.707. The lowest BCUT2D eigenvalue weighted by atomic mass is 9.72. The first-order valence-electron chi connectivity index (χ1n) is 10.6. The maximum atomic E-state index is 14.2. The van der Waals surface area contributed by atoms with Gasteiger partial charge < -0.3 is 15.3 Å². The quantitative estimate of drug-likeness (QED) is 0.683. The minimum absolute atomic E-state index is 0.00836. The number of amides is 1. The average molecular weight is 399 g/mol. The number of rotatable bonds is 4. The Morgan fingerprint density at radius 2 is 1.63 bits per heavy atom. The predicted molar refractivity (Wildman–Crippen MR) is 118 cm³/mol. The number of fused-ring (bicyclic) bond motifs is 2. The predicted octanol–water partition coefficient (Wildman–Crippen LogP) is 4.45. The van der Waals surface area contributed by atoms with E-state index in [1.807, 2.05) is 65.6 Å². The Labute approximate surface area is 177 Å². The Hall–Kier alpha value is -3.11. The summed E-state index contributed by atoms with van der Waals surface area (Å²) in [5.41, 5.74) is 3.47. The Morgan fingerprint density at radius 3 is 2.33 bits per heavy atom. The molecule has 2 heterocycles. The zero-order chi connectivity index (χ0) is 20.7. The number of aliphatic hydroxyl groups excluding tert-OH is 1. The number of hydrogen-bond acceptors (Lipinski definition) is 3. The third-order valence-corrected chi connectivity index (χ3v) is 6.73. The van der Waals surface area contributed by atoms with Crippen molar-refractivity contribution < 1.29 is 9.90 Å². The van der Waals surface area contributed by atoms with Gasteiger partial charge in [0.1, 0.15) is 5.41 Å². The van der Waals surface area contributed by atoms with Gasteiger partial charge in [-0.15, -0.1) is 0 Å². The molecule has 0 radical (unpaired) electrons. The second-order valence-electron chi connectivity index (χ2n) is 8.38. The molecule has 0 saturated carbocycles. The van der Waals surface area contributed by atoms with Crippen molar-refractivity contribution in [2.75, 3.05) is 11.9 Å². The van der Waals surface area contributed by atoms with Crippen LogP contribution in [0.2, 0.25) is 0 Å². The van der Waals surface area contributed by atoms with Crippen molar-refractivity contribution in [2.45, 2.75) is 36.9 Å². The molecule has 2 aliphatic rings. The van der Waals surface area contributed by atoms with Gasteiger partial charge in [0.25, 0.3) is 0 Å². The number of anilines is 1. The Bertz CT molecular complexity index is 1050. The minimum Gasteiger partial charge on any atom is -0.394 e. The standard InChI is InChI=1S/C26H26N2O2/c1-18-16-26(25(30)28(18)23(17-29)19-10-4-2-5-11-19)21-14-8-9-15-22(21)27-24(26)20-12-6-3-7-13-20/h2-15,18,23-24,27,29H,16-17H2,1H3/t18-,23+,24?,26?/m1/s1. The van der Waals surface area contributed by atoms with Gasteiger partial charge in [-0.1, -0.05) is 78.9 Å². The molecule has 1 saturated heterocycles. The number of nitrogens with one attached hydrogen (secondary N) is 1. The van der Waals surface area contributed by atoms with Crippen molar-refractivity contribution in [1.82, 2.24) is 4.90 Å². The third kappa shape index (κ3) is 2.67. The first-order valence-corrected chi connectivity index (χ1v) is 10.6. The smallest absolute Gasteiger partial charge is 0.236 e. The van der Waals surface area contributed by atoms with Crippen LogP contribution in [0.25, 0.3) is 0 Å². The normalized spacial score (nSPS) is 25.9. The molecule has 2 aliphatic heterocycles. The fraction of sp³-hybridized carbons (Fsp3) is 0.269. The van der Waals surface area contributed by atoms with Crippen LogP contribution in [0.5, 0.6) is 0 Å². The van der Waals surface area contributed by atoms with Gasteiger partial charge in [-0.25, -0.2) is 0 Å². The van der Waals surface area contributed by atoms with Crippen LogP contribution < -0.4 is 5.32 Å². The van der Waals surface area contributed by atoms with E-state index < -0.39 is 5.41 Å². The molecule has 152 valence electrons. The van der Waals surface area contributed by atoms with E-state index in [0.29, 0.717) is 6.42 Å². The van der Waals surface area contributed by atoms with Crippen LogP contribution in [-0.4, -0.2) is 28.6 Å². The average Bonchev–Trinajstić information content (AvgIpc) is 3.26. The Morgan fingerprint density at radius 1 is 1.00 bits per heavy atom. The zero-order valence-corrected chi connectivity index (χ0v) is 17.0. The second-order valence-corrected chi connectivity index (χ2v) is 8.38. The lowest BCUT2D eigenvalue weighted by Gasteiger charge is -2.34. The monoisotopic (exact) mass is 398 g/mol. The molecule has 0 bridgehead atoms. The van der Waals surface area contributed by atoms with E-state index in [2.05, 4.69) is 36.5 Å². The van der Waals surface area contributed by atoms with E-state index in [9.17, 15) is 9.90 Å². The van der Waals surface area contributed by atoms with Gasteiger partial charge in [-0.3, -0.25) is 4.79 Å². The highest BCUT2D eigenvalue weighted by molar-refractivity contribution is 5.96. The van der Waals surface area contributed by atoms with Crippen LogP contribution in [0.3, 0.4) is 0 Å². The highest BCUT2D eigenvalue weighted by Gasteiger charge is 2.61. The zero-order valence-electron chi connectivity index (χ0n) is 17.0. The van der Waals surface area contributed by atoms with Crippen LogP contribution in [0.15, 0.2) is 84.9 Å². The van der Waals surface area contributed by atoms with E-state index in [1.54, 1.807) is 0 Å². The van der Waals surface area contributed by atoms with Crippen molar-refractivity contribution in [3.8, 4) is 0 Å². The van der Waals surface area contributed by atoms with Crippen molar-refractivity contribution in [2.24, 2.45) is 0 Å². The molecular formula is C26H26N2O2. The van der Waals surface area contributed by atoms with Gasteiger partial charge in [0.2, 0.25) is 5.91 Å². The summed E-state index contributed by atoms with van der Waals surface area (Å²) >= 11 is 0. The SMILES string of the molecule is C[C@@H]1CC2(C(=O)N1[C@@H](CO)c1ccccc1)c1ccccc1NC2c1ccccc1. The van der Waals surface area contributed by atoms with Crippen LogP contribution >= 0.6 is 0 Å². The minimum atomic E-state index is -0.681. The number of benzene rings is 3. The lowest BCUT2D eigenvalue weighted by Crippen LogP contribution is -2.44. The van der Waals surface area contributed by atoms with Crippen LogP contribution in [0.4, 0.5) is 5.69 Å². The fourth-order valence-corrected chi connectivity index (χ4v) is 5.47. The third-order valence-electron chi connectivity index (χ3n) is 6.73. The fourth-order valence-electron chi connectivity index (χ4n) is 5.47. The summed E-state index contributed by atoms with van der Waals surface area (Å²) in [6, 6.07) is 27.7. The van der Waals surface area contributed by atoms with Gasteiger partial charge in [-0.05, 0) is 36.1 Å². The van der Waals surface area contributed by atoms with E-state index in [4.69, 9.17) is 0 Å². The summed E-state index contributed by atoms with van der Waals surface area (Å²) in [4.78, 5) is 16.1. The molecule has 1 amide bonds. The summed E-state index contributed by atoms with van der Waals surface area (Å²) in [5, 5.41) is 13.9. The number of aliphatic hydroxyl groups is 1. The molecule has 5 rings (SSSR count). The number of hydrogen-bond donors (Lipinski definition) is 2. The summed E-state index contributed by atoms with van der Waals surface area (Å²) < 4.78 is 0. The molecular weight excluding hydrogens is 372 g/mol. The largest absolute Gasteiger partial charge is 0.394 e. The van der Waals surface area contributed by atoms with E-state index in [-0.39, 0.29) is 30.6 Å². The summed E-state index contributed by atoms with van der Waals surface area (Å²) in [7, 11) is 0. The molecule has 0 aliphatic carbocycles. The Kier molecular flexibility index (Phi) is 4.59. The molecule has 2 unspecified atom stereocenters. The van der Waals surface area contributed by atoms with Gasteiger partial charge >= 0.3 is 0 Å². The first kappa shape index (κ1) is 18.9. The van der Waals surface area contributed by atoms with Crippen LogP contribution in [0.1, 0.15) is 42.1 Å². The summed E-state index contributed by atoms with van der Waals surface area (Å²) in [6.45, 7) is 2.00. The number of carbonyl (C=O) groups is 1. The van der Waals surface area contributed by atoms with Crippen molar-refractivity contribution in [1.29, 1.82) is 0 Å². The Balaban J connectivity index is 1.64. The molecule has 1 fully saturated rings. The molecule has 4 heteroatoms. The topological polar surface area (TPSA) is 52.6 Å². The number of para-hydroxylation sites is 1. The molecule has 0 aromatic heterocycles. The van der Waals surface area contributed by atoms with Gasteiger partial charge in [0.05, 0.1) is 18.7 Å². The molecule has 4 nitrogen and oxygen atoms in total. The number of nitrogens with zero attached hydrogens (tertiary/aromatic N) is 1. The molecule has 1 spiro atoms. The lowest BCUT2D eigenvalue weighted by molar-refractivity contribution is -0.136. The molecule has 3 aromatic rings. The maximum absolute atomic E-state index is 14.2. The summed E-state index contributed by atoms with van der Waals surface area (Å²) in [5.74, 6) is 0.0872. The number of carbonyl (C=O) groups excluding carboxylic acids is 1. The molecule has 4 atom stereocenters. The van der Waals surface area contributed by atoms with Crippen LogP contribution in [-0.2, 0) is 10.2 Å². The van der Waals surface area contributed by atoms with Gasteiger partial charge in [0.15, 0.2) is 0 Å². The second kappa shape index (κ2) is 7.29. The van der Waals surface area contributed by atoms with Gasteiger partial charge in [0, 0.05) is 11.7 Å². The highest BCUT2D eigenvalue weighted by Crippen LogP contribution is 2.56. The highest BCUT2D eigenvalue weighted by atomic mass is 16.3. The van der Waals surface area contributed by atoms with E-state index >= 15 is 0 Å². The first-order chi connectivity index (χ1) is 14.7. The van der Waals surface area contributed by atoms with E-state index in [1.165, 1.54) is 0 Å². The maximum Gasteiger partial charge on any atom is 0.236 e. The van der Waals surface area contributed by atoms with Crippen LogP contribution in [0, 0.1) is 0 Å². The van der Waals surface area contributed by atoms with Crippen molar-refractivity contribution in [3.63, 3.8) is 0 Å². The van der Waals surface area contributed by atoms with Crippen molar-refractivity contribution in [3.05, 3.63) is 102 Å². The molecule has 3 aromatic carbocycles.